The van der Waals surface area contributed by atoms with E-state index in [0.29, 0.717) is 0 Å². The lowest BCUT2D eigenvalue weighted by Crippen LogP contribution is -2.22. The van der Waals surface area contributed by atoms with Gasteiger partial charge in [0.15, 0.2) is 5.78 Å². The Morgan fingerprint density at radius 3 is 2.52 bits per heavy atom. The monoisotopic (exact) mass is 389 g/mol. The third-order valence-corrected chi connectivity index (χ3v) is 7.04. The van der Waals surface area contributed by atoms with Crippen molar-refractivity contribution in [2.45, 2.75) is 17.1 Å². The van der Waals surface area contributed by atoms with Crippen LogP contribution in [0, 0.1) is 12.8 Å². The molecule has 3 aromatic rings. The Labute approximate surface area is 167 Å². The molecule has 2 atom stereocenters. The molecule has 5 rings (SSSR count). The number of carbonyl (C=O) groups excluding carboxylic acids is 1. The third kappa shape index (κ3) is 2.65. The predicted molar refractivity (Wildman–Crippen MR) is 112 cm³/mol. The number of ketones is 1. The molecule has 132 valence electrons. The average Bonchev–Trinajstić information content (AvgIpc) is 2.85. The molecule has 0 bridgehead atoms. The molecule has 0 unspecified atom stereocenters. The molecule has 2 nitrogen and oxygen atoms in total. The van der Waals surface area contributed by atoms with E-state index in [1.165, 1.54) is 0 Å². The summed E-state index contributed by atoms with van der Waals surface area (Å²) < 4.78 is 0. The van der Waals surface area contributed by atoms with E-state index in [4.69, 9.17) is 16.6 Å². The smallest absolute Gasteiger partial charge is 0.174 e. The molecule has 0 aromatic heterocycles. The highest BCUT2D eigenvalue weighted by molar-refractivity contribution is 7.99. The fourth-order valence-corrected chi connectivity index (χ4v) is 5.35. The topological polar surface area (TPSA) is 29.4 Å². The van der Waals surface area contributed by atoms with Crippen LogP contribution in [0.4, 0.5) is 5.69 Å². The molecule has 3 aromatic carbocycles. The van der Waals surface area contributed by atoms with Gasteiger partial charge >= 0.3 is 0 Å². The first-order valence-electron chi connectivity index (χ1n) is 8.87. The fraction of sp³-hybridized carbons (Fsp3) is 0.130. The van der Waals surface area contributed by atoms with E-state index < -0.39 is 0 Å². The van der Waals surface area contributed by atoms with Gasteiger partial charge in [0, 0.05) is 21.0 Å². The number of aryl methyl sites for hydroxylation is 1. The Kier molecular flexibility index (Phi) is 3.96. The minimum atomic E-state index is -0.307. The molecule has 0 spiro atoms. The number of fused-ring (bicyclic) bond motifs is 4. The van der Waals surface area contributed by atoms with Crippen LogP contribution < -0.4 is 0 Å². The van der Waals surface area contributed by atoms with Gasteiger partial charge in [0.1, 0.15) is 0 Å². The number of benzene rings is 3. The number of thioether (sulfide) groups is 1. The molecule has 1 heterocycles. The highest BCUT2D eigenvalue weighted by atomic mass is 35.5. The zero-order valence-electron chi connectivity index (χ0n) is 14.6. The van der Waals surface area contributed by atoms with Crippen molar-refractivity contribution in [3.05, 3.63) is 94.0 Å². The van der Waals surface area contributed by atoms with Crippen molar-refractivity contribution in [3.63, 3.8) is 0 Å². The lowest BCUT2D eigenvalue weighted by molar-refractivity contribution is 0.0960. The minimum absolute atomic E-state index is 0.0644. The summed E-state index contributed by atoms with van der Waals surface area (Å²) in [7, 11) is 0. The van der Waals surface area contributed by atoms with Gasteiger partial charge in [0.2, 0.25) is 0 Å². The maximum Gasteiger partial charge on any atom is 0.174 e. The summed E-state index contributed by atoms with van der Waals surface area (Å²) >= 11 is 8.12. The van der Waals surface area contributed by atoms with Crippen LogP contribution in [0.5, 0.6) is 0 Å². The van der Waals surface area contributed by atoms with Crippen molar-refractivity contribution in [2.24, 2.45) is 10.9 Å². The highest BCUT2D eigenvalue weighted by Crippen LogP contribution is 2.51. The molecule has 0 amide bonds. The molecular weight excluding hydrogens is 374 g/mol. The van der Waals surface area contributed by atoms with Crippen molar-refractivity contribution in [1.82, 2.24) is 0 Å². The van der Waals surface area contributed by atoms with E-state index in [1.54, 1.807) is 11.8 Å². The zero-order chi connectivity index (χ0) is 18.5. The Morgan fingerprint density at radius 2 is 1.70 bits per heavy atom. The van der Waals surface area contributed by atoms with Crippen molar-refractivity contribution < 1.29 is 4.79 Å². The molecule has 2 aliphatic rings. The van der Waals surface area contributed by atoms with Gasteiger partial charge in [-0.1, -0.05) is 60.1 Å². The Morgan fingerprint density at radius 1 is 0.963 bits per heavy atom. The first-order valence-corrected chi connectivity index (χ1v) is 10.1. The number of hydrogen-bond acceptors (Lipinski definition) is 3. The van der Waals surface area contributed by atoms with Crippen LogP contribution in [0.2, 0.25) is 5.02 Å². The molecule has 27 heavy (non-hydrogen) atoms. The fourth-order valence-electron chi connectivity index (χ4n) is 3.82. The van der Waals surface area contributed by atoms with Crippen LogP contribution in [0.25, 0.3) is 0 Å². The third-order valence-electron chi connectivity index (χ3n) is 5.23. The number of nitrogens with zero attached hydrogens (tertiary/aromatic N) is 1. The van der Waals surface area contributed by atoms with Crippen LogP contribution in [0.15, 0.2) is 76.6 Å². The Bertz CT molecular complexity index is 1120. The summed E-state index contributed by atoms with van der Waals surface area (Å²) in [6.07, 6.45) is 0. The molecule has 0 fully saturated rings. The summed E-state index contributed by atoms with van der Waals surface area (Å²) in [5.74, 6) is -0.162. The second-order valence-electron chi connectivity index (χ2n) is 6.90. The van der Waals surface area contributed by atoms with E-state index in [0.717, 1.165) is 43.6 Å². The molecule has 0 saturated heterocycles. The van der Waals surface area contributed by atoms with Gasteiger partial charge < -0.3 is 0 Å². The van der Waals surface area contributed by atoms with E-state index in [9.17, 15) is 4.79 Å². The number of Topliss-reactive ketones (excluding diaryl/α,β-unsaturated/α-hetero) is 1. The molecule has 1 aliphatic carbocycles. The van der Waals surface area contributed by atoms with Gasteiger partial charge in [0.25, 0.3) is 0 Å². The normalized spacial score (nSPS) is 20.4. The molecule has 1 aliphatic heterocycles. The number of para-hydroxylation sites is 1. The van der Waals surface area contributed by atoms with Crippen LogP contribution in [0.3, 0.4) is 0 Å². The summed E-state index contributed by atoms with van der Waals surface area (Å²) in [5, 5.41) is 0.664. The molecule has 0 saturated carbocycles. The largest absolute Gasteiger partial charge is 0.293 e. The number of carbonyl (C=O) groups is 1. The van der Waals surface area contributed by atoms with Gasteiger partial charge in [-0.2, -0.15) is 0 Å². The van der Waals surface area contributed by atoms with Gasteiger partial charge in [-0.3, -0.25) is 9.79 Å². The van der Waals surface area contributed by atoms with Crippen LogP contribution >= 0.6 is 23.4 Å². The van der Waals surface area contributed by atoms with Crippen LogP contribution in [0.1, 0.15) is 32.3 Å². The number of hydrogen-bond donors (Lipinski definition) is 0. The standard InChI is InChI=1S/C23H16ClNOS/c1-13-10-11-14(12-17(13)24)23-20-21(15-6-2-3-7-16(15)22(20)26)25-18-8-4-5-9-19(18)27-23/h2-12,20,23H,1H3/t20-,23-/m1/s1. The van der Waals surface area contributed by atoms with Gasteiger partial charge in [-0.25, -0.2) is 0 Å². The van der Waals surface area contributed by atoms with Gasteiger partial charge in [-0.05, 0) is 36.2 Å². The van der Waals surface area contributed by atoms with E-state index in [1.807, 2.05) is 61.5 Å². The van der Waals surface area contributed by atoms with Crippen molar-refractivity contribution >= 4 is 40.5 Å². The van der Waals surface area contributed by atoms with E-state index in [-0.39, 0.29) is 17.0 Å². The molecule has 0 N–H and O–H groups in total. The number of aliphatic imine (C=N–C) groups is 1. The maximum atomic E-state index is 13.3. The van der Waals surface area contributed by atoms with Crippen LogP contribution in [-0.2, 0) is 0 Å². The lowest BCUT2D eigenvalue weighted by Gasteiger charge is -2.22. The van der Waals surface area contributed by atoms with E-state index in [2.05, 4.69) is 12.1 Å². The number of halogens is 1. The van der Waals surface area contributed by atoms with E-state index >= 15 is 0 Å². The van der Waals surface area contributed by atoms with Crippen molar-refractivity contribution in [3.8, 4) is 0 Å². The highest BCUT2D eigenvalue weighted by Gasteiger charge is 2.44. The lowest BCUT2D eigenvalue weighted by atomic mass is 9.93. The first-order chi connectivity index (χ1) is 13.1. The molecule has 4 heteroatoms. The van der Waals surface area contributed by atoms with Gasteiger partial charge in [0.05, 0.1) is 22.6 Å². The summed E-state index contributed by atoms with van der Waals surface area (Å²) in [4.78, 5) is 19.4. The van der Waals surface area contributed by atoms with Gasteiger partial charge in [-0.15, -0.1) is 11.8 Å². The summed E-state index contributed by atoms with van der Waals surface area (Å²) in [6, 6.07) is 22.0. The molecular formula is C23H16ClNOS. The summed E-state index contributed by atoms with van der Waals surface area (Å²) in [6.45, 7) is 1.99. The zero-order valence-corrected chi connectivity index (χ0v) is 16.2. The predicted octanol–water partition coefficient (Wildman–Crippen LogP) is 6.43. The summed E-state index contributed by atoms with van der Waals surface area (Å²) in [5.41, 5.74) is 5.61. The average molecular weight is 390 g/mol. The molecule has 0 radical (unpaired) electrons. The number of rotatable bonds is 1. The Balaban J connectivity index is 1.75. The SMILES string of the molecule is Cc1ccc([C@H]2Sc3ccccc3N=C3c4ccccc4C(=O)[C@@H]32)cc1Cl. The minimum Gasteiger partial charge on any atom is -0.293 e. The second-order valence-corrected chi connectivity index (χ2v) is 8.49. The second kappa shape index (κ2) is 6.36. The van der Waals surface area contributed by atoms with Crippen molar-refractivity contribution in [1.29, 1.82) is 0 Å². The first kappa shape index (κ1) is 16.8. The maximum absolute atomic E-state index is 13.3. The quantitative estimate of drug-likeness (QED) is 0.480. The van der Waals surface area contributed by atoms with Crippen molar-refractivity contribution in [2.75, 3.05) is 0 Å². The Hall–Kier alpha value is -2.36. The van der Waals surface area contributed by atoms with Crippen LogP contribution in [-0.4, -0.2) is 11.5 Å².